The molecule has 0 saturated carbocycles. The van der Waals surface area contributed by atoms with E-state index in [9.17, 15) is 5.11 Å². The molecular weight excluding hydrogens is 186 g/mol. The van der Waals surface area contributed by atoms with Crippen LogP contribution in [0.5, 0.6) is 0 Å². The van der Waals surface area contributed by atoms with Gasteiger partial charge in [0.05, 0.1) is 6.10 Å². The maximum atomic E-state index is 9.63. The van der Waals surface area contributed by atoms with Crippen LogP contribution in [-0.4, -0.2) is 18.7 Å². The SMILES string of the molecule is C=CCN(C)c1ccc([C@H](O)CC)cc1. The van der Waals surface area contributed by atoms with Gasteiger partial charge in [-0.05, 0) is 24.1 Å². The highest BCUT2D eigenvalue weighted by Gasteiger charge is 2.04. The van der Waals surface area contributed by atoms with Gasteiger partial charge in [0.25, 0.3) is 0 Å². The average molecular weight is 205 g/mol. The summed E-state index contributed by atoms with van der Waals surface area (Å²) in [4.78, 5) is 2.11. The number of aliphatic hydroxyl groups is 1. The second-order valence-electron chi connectivity index (χ2n) is 3.68. The third-order valence-electron chi connectivity index (χ3n) is 2.51. The number of anilines is 1. The Morgan fingerprint density at radius 1 is 1.40 bits per heavy atom. The maximum Gasteiger partial charge on any atom is 0.0787 e. The lowest BCUT2D eigenvalue weighted by Crippen LogP contribution is -2.16. The van der Waals surface area contributed by atoms with Crippen molar-refractivity contribution in [1.29, 1.82) is 0 Å². The van der Waals surface area contributed by atoms with Gasteiger partial charge in [0.1, 0.15) is 0 Å². The average Bonchev–Trinajstić information content (AvgIpc) is 2.28. The molecule has 1 rings (SSSR count). The molecule has 2 nitrogen and oxygen atoms in total. The van der Waals surface area contributed by atoms with Crippen molar-refractivity contribution >= 4 is 5.69 Å². The van der Waals surface area contributed by atoms with Crippen molar-refractivity contribution in [2.45, 2.75) is 19.4 Å². The van der Waals surface area contributed by atoms with Gasteiger partial charge < -0.3 is 10.0 Å². The standard InChI is InChI=1S/C13H19NO/c1-4-10-14(3)12-8-6-11(7-9-12)13(15)5-2/h4,6-9,13,15H,1,5,10H2,2-3H3/t13-/m1/s1. The number of benzene rings is 1. The van der Waals surface area contributed by atoms with Crippen molar-refractivity contribution < 1.29 is 5.11 Å². The molecule has 0 aromatic heterocycles. The molecule has 0 unspecified atom stereocenters. The van der Waals surface area contributed by atoms with Crippen molar-refractivity contribution in [3.05, 3.63) is 42.5 Å². The molecule has 1 aromatic carbocycles. The van der Waals surface area contributed by atoms with E-state index in [2.05, 4.69) is 11.5 Å². The van der Waals surface area contributed by atoms with Gasteiger partial charge in [-0.3, -0.25) is 0 Å². The molecular formula is C13H19NO. The number of likely N-dealkylation sites (N-methyl/N-ethyl adjacent to an activating group) is 1. The molecule has 0 fully saturated rings. The zero-order valence-electron chi connectivity index (χ0n) is 9.48. The van der Waals surface area contributed by atoms with Gasteiger partial charge in [-0.1, -0.05) is 25.1 Å². The monoisotopic (exact) mass is 205 g/mol. The second kappa shape index (κ2) is 5.56. The van der Waals surface area contributed by atoms with Crippen molar-refractivity contribution in [3.63, 3.8) is 0 Å². The Kier molecular flexibility index (Phi) is 4.37. The van der Waals surface area contributed by atoms with Crippen LogP contribution in [0.3, 0.4) is 0 Å². The summed E-state index contributed by atoms with van der Waals surface area (Å²) in [6.07, 6.45) is 2.28. The third kappa shape index (κ3) is 3.10. The molecule has 0 aliphatic rings. The van der Waals surface area contributed by atoms with E-state index in [4.69, 9.17) is 0 Å². The quantitative estimate of drug-likeness (QED) is 0.747. The van der Waals surface area contributed by atoms with Gasteiger partial charge in [0, 0.05) is 19.3 Å². The molecule has 0 aliphatic heterocycles. The van der Waals surface area contributed by atoms with Crippen molar-refractivity contribution in [2.24, 2.45) is 0 Å². The Hall–Kier alpha value is -1.28. The zero-order chi connectivity index (χ0) is 11.3. The lowest BCUT2D eigenvalue weighted by Gasteiger charge is -2.18. The van der Waals surface area contributed by atoms with E-state index in [1.165, 1.54) is 0 Å². The van der Waals surface area contributed by atoms with Gasteiger partial charge in [-0.2, -0.15) is 0 Å². The summed E-state index contributed by atoms with van der Waals surface area (Å²) in [7, 11) is 2.02. The summed E-state index contributed by atoms with van der Waals surface area (Å²) in [6, 6.07) is 8.00. The Labute approximate surface area is 91.9 Å². The fourth-order valence-electron chi connectivity index (χ4n) is 1.49. The minimum atomic E-state index is -0.344. The molecule has 1 atom stereocenters. The Bertz CT molecular complexity index is 305. The maximum absolute atomic E-state index is 9.63. The first-order valence-corrected chi connectivity index (χ1v) is 5.29. The highest BCUT2D eigenvalue weighted by Crippen LogP contribution is 2.20. The van der Waals surface area contributed by atoms with Gasteiger partial charge in [0.15, 0.2) is 0 Å². The predicted molar refractivity (Wildman–Crippen MR) is 65.2 cm³/mol. The minimum absolute atomic E-state index is 0.344. The first-order valence-electron chi connectivity index (χ1n) is 5.29. The summed E-state index contributed by atoms with van der Waals surface area (Å²) in [5.74, 6) is 0. The van der Waals surface area contributed by atoms with E-state index < -0.39 is 0 Å². The Morgan fingerprint density at radius 2 is 2.00 bits per heavy atom. The van der Waals surface area contributed by atoms with E-state index in [0.717, 1.165) is 24.2 Å². The highest BCUT2D eigenvalue weighted by atomic mass is 16.3. The van der Waals surface area contributed by atoms with E-state index in [1.807, 2.05) is 44.3 Å². The van der Waals surface area contributed by atoms with E-state index >= 15 is 0 Å². The summed E-state index contributed by atoms with van der Waals surface area (Å²) in [6.45, 7) is 6.51. The van der Waals surface area contributed by atoms with Gasteiger partial charge >= 0.3 is 0 Å². The molecule has 15 heavy (non-hydrogen) atoms. The van der Waals surface area contributed by atoms with Crippen LogP contribution < -0.4 is 4.90 Å². The van der Waals surface area contributed by atoms with Crippen molar-refractivity contribution in [1.82, 2.24) is 0 Å². The normalized spacial score (nSPS) is 12.2. The van der Waals surface area contributed by atoms with E-state index in [0.29, 0.717) is 0 Å². The largest absolute Gasteiger partial charge is 0.388 e. The minimum Gasteiger partial charge on any atom is -0.388 e. The lowest BCUT2D eigenvalue weighted by molar-refractivity contribution is 0.173. The van der Waals surface area contributed by atoms with Crippen molar-refractivity contribution in [2.75, 3.05) is 18.5 Å². The molecule has 82 valence electrons. The van der Waals surface area contributed by atoms with Crippen LogP contribution in [0.2, 0.25) is 0 Å². The molecule has 1 aromatic rings. The summed E-state index contributed by atoms with van der Waals surface area (Å²) in [5, 5.41) is 9.63. The van der Waals surface area contributed by atoms with Crippen LogP contribution in [-0.2, 0) is 0 Å². The lowest BCUT2D eigenvalue weighted by atomic mass is 10.1. The number of hydrogen-bond donors (Lipinski definition) is 1. The molecule has 2 heteroatoms. The summed E-state index contributed by atoms with van der Waals surface area (Å²) >= 11 is 0. The fraction of sp³-hybridized carbons (Fsp3) is 0.385. The number of rotatable bonds is 5. The number of nitrogens with zero attached hydrogens (tertiary/aromatic N) is 1. The van der Waals surface area contributed by atoms with Crippen LogP contribution >= 0.6 is 0 Å². The van der Waals surface area contributed by atoms with Crippen LogP contribution in [0.25, 0.3) is 0 Å². The summed E-state index contributed by atoms with van der Waals surface area (Å²) < 4.78 is 0. The van der Waals surface area contributed by atoms with Gasteiger partial charge in [0.2, 0.25) is 0 Å². The zero-order valence-corrected chi connectivity index (χ0v) is 9.48. The number of hydrogen-bond acceptors (Lipinski definition) is 2. The number of aliphatic hydroxyl groups excluding tert-OH is 1. The van der Waals surface area contributed by atoms with Gasteiger partial charge in [-0.25, -0.2) is 0 Å². The topological polar surface area (TPSA) is 23.5 Å². The Balaban J connectivity index is 2.75. The first-order chi connectivity index (χ1) is 7.19. The molecule has 0 aliphatic carbocycles. The van der Waals surface area contributed by atoms with Crippen molar-refractivity contribution in [3.8, 4) is 0 Å². The van der Waals surface area contributed by atoms with Crippen LogP contribution in [0, 0.1) is 0 Å². The Morgan fingerprint density at radius 3 is 2.47 bits per heavy atom. The summed E-state index contributed by atoms with van der Waals surface area (Å²) in [5.41, 5.74) is 2.12. The molecule has 0 bridgehead atoms. The second-order valence-corrected chi connectivity index (χ2v) is 3.68. The molecule has 0 amide bonds. The molecule has 0 spiro atoms. The van der Waals surface area contributed by atoms with Crippen LogP contribution in [0.15, 0.2) is 36.9 Å². The highest BCUT2D eigenvalue weighted by molar-refractivity contribution is 5.47. The fourth-order valence-corrected chi connectivity index (χ4v) is 1.49. The molecule has 1 N–H and O–H groups in total. The molecule has 0 radical (unpaired) electrons. The van der Waals surface area contributed by atoms with Crippen LogP contribution in [0.1, 0.15) is 25.0 Å². The smallest absolute Gasteiger partial charge is 0.0787 e. The van der Waals surface area contributed by atoms with Gasteiger partial charge in [-0.15, -0.1) is 6.58 Å². The third-order valence-corrected chi connectivity index (χ3v) is 2.51. The van der Waals surface area contributed by atoms with Crippen LogP contribution in [0.4, 0.5) is 5.69 Å². The molecule has 0 heterocycles. The molecule has 0 saturated heterocycles. The van der Waals surface area contributed by atoms with E-state index in [1.54, 1.807) is 0 Å². The predicted octanol–water partition coefficient (Wildman–Crippen LogP) is 2.75. The first kappa shape index (κ1) is 11.8. The van der Waals surface area contributed by atoms with E-state index in [-0.39, 0.29) is 6.10 Å².